The van der Waals surface area contributed by atoms with Gasteiger partial charge in [0.2, 0.25) is 0 Å². The third-order valence-electron chi connectivity index (χ3n) is 5.32. The summed E-state index contributed by atoms with van der Waals surface area (Å²) in [5.74, 6) is 0. The van der Waals surface area contributed by atoms with Crippen molar-refractivity contribution >= 4 is 57.5 Å². The summed E-state index contributed by atoms with van der Waals surface area (Å²) in [5, 5.41) is 0.718. The van der Waals surface area contributed by atoms with Crippen molar-refractivity contribution in [3.05, 3.63) is 106 Å². The standard InChI is InChI=1S/C26H17ClN4.Zn/c27-17-3-1-16(2-4-17)25-14-24-13-22-8-7-20(29-22)11-18-5-6-19(28-18)12-21-9-10-23(30-21)15-26(25)31-24;/h1-15,29-30H;. The molecule has 2 aliphatic heterocycles. The molecule has 32 heavy (non-hydrogen) atoms. The topological polar surface area (TPSA) is 57.4 Å². The van der Waals surface area contributed by atoms with Gasteiger partial charge in [0, 0.05) is 52.1 Å². The number of nitrogens with zero attached hydrogens (tertiary/aromatic N) is 2. The number of rotatable bonds is 1. The van der Waals surface area contributed by atoms with E-state index in [0.29, 0.717) is 0 Å². The Morgan fingerprint density at radius 1 is 0.594 bits per heavy atom. The van der Waals surface area contributed by atoms with Crippen molar-refractivity contribution in [3.63, 3.8) is 0 Å². The molecule has 8 bridgehead atoms. The number of nitrogens with one attached hydrogen (secondary N) is 2. The molecule has 4 aromatic rings. The molecular weight excluding hydrogens is 469 g/mol. The number of benzene rings is 1. The van der Waals surface area contributed by atoms with Crippen LogP contribution in [0.5, 0.6) is 0 Å². The van der Waals surface area contributed by atoms with Crippen molar-refractivity contribution in [2.75, 3.05) is 0 Å². The Balaban J connectivity index is 0.00000216. The average Bonchev–Trinajstić information content (AvgIpc) is 3.54. The van der Waals surface area contributed by atoms with Gasteiger partial charge in [0.05, 0.1) is 22.8 Å². The zero-order valence-electron chi connectivity index (χ0n) is 17.1. The third kappa shape index (κ3) is 4.10. The Morgan fingerprint density at radius 3 is 1.72 bits per heavy atom. The fourth-order valence-corrected chi connectivity index (χ4v) is 4.00. The van der Waals surface area contributed by atoms with Gasteiger partial charge in [-0.05, 0) is 84.5 Å². The zero-order valence-corrected chi connectivity index (χ0v) is 20.9. The van der Waals surface area contributed by atoms with E-state index in [2.05, 4.69) is 57.4 Å². The van der Waals surface area contributed by atoms with Gasteiger partial charge < -0.3 is 9.97 Å². The Hall–Kier alpha value is -3.27. The van der Waals surface area contributed by atoms with Gasteiger partial charge in [-0.15, -0.1) is 0 Å². The van der Waals surface area contributed by atoms with Crippen molar-refractivity contribution in [3.8, 4) is 0 Å². The number of hydrogen-bond acceptors (Lipinski definition) is 2. The van der Waals surface area contributed by atoms with E-state index in [9.17, 15) is 0 Å². The molecule has 0 saturated carbocycles. The van der Waals surface area contributed by atoms with Gasteiger partial charge in [-0.3, -0.25) is 0 Å². The predicted octanol–water partition coefficient (Wildman–Crippen LogP) is 6.73. The predicted molar refractivity (Wildman–Crippen MR) is 128 cm³/mol. The Morgan fingerprint density at radius 2 is 1.12 bits per heavy atom. The van der Waals surface area contributed by atoms with Gasteiger partial charge in [-0.25, -0.2) is 9.97 Å². The quantitative estimate of drug-likeness (QED) is 0.254. The first-order valence-corrected chi connectivity index (χ1v) is 10.4. The maximum Gasteiger partial charge on any atom is 0.0736 e. The van der Waals surface area contributed by atoms with Crippen LogP contribution < -0.4 is 0 Å². The average molecular weight is 486 g/mol. The van der Waals surface area contributed by atoms with E-state index >= 15 is 0 Å². The van der Waals surface area contributed by atoms with E-state index in [-0.39, 0.29) is 19.5 Å². The molecule has 0 atom stereocenters. The van der Waals surface area contributed by atoms with E-state index in [0.717, 1.165) is 61.0 Å². The Kier molecular flexibility index (Phi) is 5.38. The summed E-state index contributed by atoms with van der Waals surface area (Å²) in [6, 6.07) is 24.3. The van der Waals surface area contributed by atoms with Crippen LogP contribution in [-0.4, -0.2) is 19.9 Å². The summed E-state index contributed by atoms with van der Waals surface area (Å²) in [6.07, 6.45) is 6.15. The molecule has 4 nitrogen and oxygen atoms in total. The van der Waals surface area contributed by atoms with Crippen LogP contribution in [0.25, 0.3) is 45.9 Å². The van der Waals surface area contributed by atoms with Crippen LogP contribution in [0.4, 0.5) is 0 Å². The third-order valence-corrected chi connectivity index (χ3v) is 5.57. The summed E-state index contributed by atoms with van der Waals surface area (Å²) in [4.78, 5) is 16.5. The molecule has 0 radical (unpaired) electrons. The normalized spacial score (nSPS) is 12.3. The molecule has 150 valence electrons. The van der Waals surface area contributed by atoms with E-state index in [1.807, 2.05) is 48.6 Å². The molecule has 0 amide bonds. The molecule has 5 heterocycles. The van der Waals surface area contributed by atoms with Crippen LogP contribution in [0.2, 0.25) is 5.02 Å². The first kappa shape index (κ1) is 20.6. The number of H-pyrrole nitrogens is 2. The fraction of sp³-hybridized carbons (Fsp3) is 0. The molecule has 6 heteroatoms. The van der Waals surface area contributed by atoms with E-state index in [1.165, 1.54) is 0 Å². The molecule has 0 fully saturated rings. The molecule has 6 rings (SSSR count). The first-order chi connectivity index (χ1) is 15.2. The molecule has 1 aromatic carbocycles. The van der Waals surface area contributed by atoms with E-state index in [1.54, 1.807) is 0 Å². The summed E-state index contributed by atoms with van der Waals surface area (Å²) in [7, 11) is 0. The summed E-state index contributed by atoms with van der Waals surface area (Å²) in [6.45, 7) is 0. The summed E-state index contributed by atoms with van der Waals surface area (Å²) in [5.41, 5.74) is 9.75. The Labute approximate surface area is 202 Å². The van der Waals surface area contributed by atoms with Crippen molar-refractivity contribution in [1.29, 1.82) is 0 Å². The van der Waals surface area contributed by atoms with Crippen LogP contribution in [0.15, 0.2) is 72.8 Å². The number of hydrogen-bond donors (Lipinski definition) is 2. The number of aromatic nitrogens is 4. The minimum atomic E-state index is 0. The van der Waals surface area contributed by atoms with Crippen molar-refractivity contribution in [1.82, 2.24) is 19.9 Å². The van der Waals surface area contributed by atoms with Crippen LogP contribution in [0, 0.1) is 0 Å². The molecule has 0 aliphatic carbocycles. The van der Waals surface area contributed by atoms with Gasteiger partial charge in [0.15, 0.2) is 0 Å². The number of aromatic amines is 2. The van der Waals surface area contributed by atoms with Crippen molar-refractivity contribution in [2.24, 2.45) is 0 Å². The minimum Gasteiger partial charge on any atom is -0.355 e. The van der Waals surface area contributed by atoms with Crippen LogP contribution in [-0.2, 0) is 19.5 Å². The maximum absolute atomic E-state index is 6.10. The summed E-state index contributed by atoms with van der Waals surface area (Å²) < 4.78 is 0. The van der Waals surface area contributed by atoms with Crippen molar-refractivity contribution in [2.45, 2.75) is 0 Å². The number of halogens is 1. The SMILES string of the molecule is Clc1ccc(C2=Cc3cc4ccc(cc5nc(cc6ccc(cc2n3)[nH]6)C=C5)[nH]4)cc1.[Zn]. The first-order valence-electron chi connectivity index (χ1n) is 10.0. The smallest absolute Gasteiger partial charge is 0.0736 e. The van der Waals surface area contributed by atoms with E-state index in [4.69, 9.17) is 16.6 Å². The van der Waals surface area contributed by atoms with Gasteiger partial charge in [0.1, 0.15) is 0 Å². The summed E-state index contributed by atoms with van der Waals surface area (Å²) >= 11 is 6.10. The van der Waals surface area contributed by atoms with Gasteiger partial charge >= 0.3 is 0 Å². The maximum atomic E-state index is 6.10. The molecule has 2 N–H and O–H groups in total. The number of fused-ring (bicyclic) bond motifs is 8. The molecule has 3 aromatic heterocycles. The van der Waals surface area contributed by atoms with Crippen LogP contribution in [0.1, 0.15) is 28.3 Å². The second kappa shape index (κ2) is 8.35. The van der Waals surface area contributed by atoms with Crippen LogP contribution in [0.3, 0.4) is 0 Å². The monoisotopic (exact) mass is 484 g/mol. The second-order valence-electron chi connectivity index (χ2n) is 7.60. The van der Waals surface area contributed by atoms with Gasteiger partial charge in [0.25, 0.3) is 0 Å². The van der Waals surface area contributed by atoms with Gasteiger partial charge in [-0.2, -0.15) is 0 Å². The molecule has 2 aliphatic rings. The second-order valence-corrected chi connectivity index (χ2v) is 8.03. The Bertz CT molecular complexity index is 1540. The molecule has 0 unspecified atom stereocenters. The molecule has 0 spiro atoms. The van der Waals surface area contributed by atoms with Gasteiger partial charge in [-0.1, -0.05) is 23.7 Å². The largest absolute Gasteiger partial charge is 0.355 e. The zero-order chi connectivity index (χ0) is 20.8. The molecular formula is C26H17ClN4Zn. The fourth-order valence-electron chi connectivity index (χ4n) is 3.87. The van der Waals surface area contributed by atoms with Crippen LogP contribution >= 0.6 is 11.6 Å². The molecule has 0 saturated heterocycles. The minimum absolute atomic E-state index is 0. The van der Waals surface area contributed by atoms with E-state index < -0.39 is 0 Å². The van der Waals surface area contributed by atoms with Crippen molar-refractivity contribution < 1.29 is 19.5 Å².